The second kappa shape index (κ2) is 11.9. The molecule has 1 atom stereocenters. The Kier molecular flexibility index (Phi) is 9.59. The number of pyridine rings is 1. The third-order valence-corrected chi connectivity index (χ3v) is 6.65. The molecular formula is C27H27ClCsFN4O2. The van der Waals surface area contributed by atoms with E-state index in [9.17, 15) is 14.3 Å². The number of aromatic hydroxyl groups is 1. The molecule has 4 aromatic rings. The number of phenolic OH excluding ortho intramolecular Hbond substituents is 1. The summed E-state index contributed by atoms with van der Waals surface area (Å²) in [7, 11) is 1.66. The zero-order valence-electron chi connectivity index (χ0n) is 20.9. The van der Waals surface area contributed by atoms with E-state index in [1.165, 1.54) is 21.3 Å². The van der Waals surface area contributed by atoms with Gasteiger partial charge in [-0.1, -0.05) is 24.6 Å². The predicted molar refractivity (Wildman–Crippen MR) is 139 cm³/mol. The van der Waals surface area contributed by atoms with Crippen LogP contribution in [0.2, 0.25) is 5.02 Å². The molecule has 1 aliphatic rings. The van der Waals surface area contributed by atoms with Gasteiger partial charge in [0.2, 0.25) is 0 Å². The standard InChI is InChI=1S/C26H24ClFN4O2.CH3.Cs/c1-16-6-8-31(15-16)24-12-18(5-7-29-24)21-14-19(28)13-20(25(21)33)17-3-4-23(22(27)11-17)32-10-9-30(2)26(32)34;;/h3-5,7,9-14,16,33H,6,8,15H2,1-2H3;1H3;/q;-1;+1. The molecule has 0 radical (unpaired) electrons. The predicted octanol–water partition coefficient (Wildman–Crippen LogP) is 2.70. The minimum Gasteiger partial charge on any atom is -0.507 e. The Morgan fingerprint density at radius 3 is 2.36 bits per heavy atom. The molecule has 0 aliphatic carbocycles. The summed E-state index contributed by atoms with van der Waals surface area (Å²) in [4.78, 5) is 19.0. The summed E-state index contributed by atoms with van der Waals surface area (Å²) in [5.74, 6) is 0.885. The van der Waals surface area contributed by atoms with Gasteiger partial charge >= 0.3 is 74.6 Å². The summed E-state index contributed by atoms with van der Waals surface area (Å²) in [6, 6.07) is 11.3. The van der Waals surface area contributed by atoms with Crippen LogP contribution < -0.4 is 79.5 Å². The Hall–Kier alpha value is -1.53. The number of phenols is 1. The number of aryl methyl sites for hydroxylation is 1. The van der Waals surface area contributed by atoms with Gasteiger partial charge in [-0.15, -0.1) is 0 Å². The van der Waals surface area contributed by atoms with Crippen LogP contribution in [0.5, 0.6) is 5.75 Å². The maximum Gasteiger partial charge on any atom is 1.00 e. The van der Waals surface area contributed by atoms with Crippen molar-refractivity contribution >= 4 is 17.4 Å². The van der Waals surface area contributed by atoms with Gasteiger partial charge in [-0.25, -0.2) is 14.2 Å². The molecule has 0 bridgehead atoms. The van der Waals surface area contributed by atoms with Crippen molar-refractivity contribution < 1.29 is 78.4 Å². The molecule has 0 spiro atoms. The van der Waals surface area contributed by atoms with E-state index in [-0.39, 0.29) is 87.8 Å². The Bertz CT molecular complexity index is 1450. The van der Waals surface area contributed by atoms with Gasteiger partial charge in [-0.05, 0) is 59.9 Å². The fourth-order valence-corrected chi connectivity index (χ4v) is 4.73. The molecule has 1 saturated heterocycles. The first-order valence-electron chi connectivity index (χ1n) is 11.1. The summed E-state index contributed by atoms with van der Waals surface area (Å²) in [6.45, 7) is 4.05. The van der Waals surface area contributed by atoms with Crippen LogP contribution in [-0.4, -0.2) is 32.3 Å². The summed E-state index contributed by atoms with van der Waals surface area (Å²) in [5.41, 5.74) is 2.19. The van der Waals surface area contributed by atoms with Gasteiger partial charge in [0.1, 0.15) is 17.4 Å². The van der Waals surface area contributed by atoms with Crippen LogP contribution >= 0.6 is 11.6 Å². The first kappa shape index (κ1) is 29.0. The maximum absolute atomic E-state index is 14.7. The van der Waals surface area contributed by atoms with E-state index in [1.54, 1.807) is 49.9 Å². The van der Waals surface area contributed by atoms with Gasteiger partial charge in [-0.2, -0.15) is 0 Å². The minimum atomic E-state index is -0.476. The summed E-state index contributed by atoms with van der Waals surface area (Å²) >= 11 is 6.49. The molecule has 2 aromatic heterocycles. The van der Waals surface area contributed by atoms with Gasteiger partial charge in [-0.3, -0.25) is 4.57 Å². The molecule has 1 N–H and O–H groups in total. The topological polar surface area (TPSA) is 63.3 Å². The molecule has 6 nitrogen and oxygen atoms in total. The first-order valence-corrected chi connectivity index (χ1v) is 11.5. The quantitative estimate of drug-likeness (QED) is 0.354. The Morgan fingerprint density at radius 2 is 1.78 bits per heavy atom. The molecular weight excluding hydrogens is 600 g/mol. The van der Waals surface area contributed by atoms with Crippen molar-refractivity contribution in [2.24, 2.45) is 13.0 Å². The van der Waals surface area contributed by atoms with Crippen LogP contribution in [-0.2, 0) is 7.05 Å². The number of nitrogens with zero attached hydrogens (tertiary/aromatic N) is 4. The van der Waals surface area contributed by atoms with Crippen molar-refractivity contribution in [3.8, 4) is 33.7 Å². The minimum absolute atomic E-state index is 0. The monoisotopic (exact) mass is 626 g/mol. The second-order valence-electron chi connectivity index (χ2n) is 8.82. The van der Waals surface area contributed by atoms with Crippen molar-refractivity contribution in [1.82, 2.24) is 14.1 Å². The molecule has 1 aliphatic heterocycles. The number of aromatic nitrogens is 3. The van der Waals surface area contributed by atoms with Crippen LogP contribution in [0.3, 0.4) is 0 Å². The summed E-state index contributed by atoms with van der Waals surface area (Å²) < 4.78 is 17.6. The van der Waals surface area contributed by atoms with Crippen LogP contribution in [0, 0.1) is 19.2 Å². The molecule has 0 saturated carbocycles. The number of benzene rings is 2. The number of imidazole rings is 1. The van der Waals surface area contributed by atoms with E-state index in [0.29, 0.717) is 38.9 Å². The summed E-state index contributed by atoms with van der Waals surface area (Å²) in [5, 5.41) is 11.5. The van der Waals surface area contributed by atoms with Crippen LogP contribution in [0.4, 0.5) is 10.2 Å². The van der Waals surface area contributed by atoms with E-state index in [1.807, 2.05) is 6.07 Å². The molecule has 5 rings (SSSR count). The van der Waals surface area contributed by atoms with Crippen LogP contribution in [0.15, 0.2) is 65.8 Å². The van der Waals surface area contributed by atoms with Gasteiger partial charge in [0.05, 0.1) is 10.7 Å². The van der Waals surface area contributed by atoms with Crippen molar-refractivity contribution in [3.05, 3.63) is 89.8 Å². The van der Waals surface area contributed by atoms with Crippen LogP contribution in [0.1, 0.15) is 13.3 Å². The fraction of sp³-hybridized carbons (Fsp3) is 0.222. The average Bonchev–Trinajstić information content (AvgIpc) is 3.40. The normalized spacial score (nSPS) is 14.9. The first-order chi connectivity index (χ1) is 16.3. The van der Waals surface area contributed by atoms with Crippen molar-refractivity contribution in [2.45, 2.75) is 13.3 Å². The van der Waals surface area contributed by atoms with E-state index < -0.39 is 5.82 Å². The second-order valence-corrected chi connectivity index (χ2v) is 9.23. The molecule has 182 valence electrons. The van der Waals surface area contributed by atoms with E-state index in [0.717, 1.165) is 25.3 Å². The number of hydrogen-bond acceptors (Lipinski definition) is 4. The molecule has 0 amide bonds. The van der Waals surface area contributed by atoms with E-state index in [4.69, 9.17) is 11.6 Å². The maximum atomic E-state index is 14.7. The number of rotatable bonds is 4. The third kappa shape index (κ3) is 5.65. The number of hydrogen-bond donors (Lipinski definition) is 1. The Balaban J connectivity index is 0.00000180. The van der Waals surface area contributed by atoms with Gasteiger partial charge in [0.25, 0.3) is 0 Å². The van der Waals surface area contributed by atoms with E-state index >= 15 is 0 Å². The zero-order chi connectivity index (χ0) is 24.0. The zero-order valence-corrected chi connectivity index (χ0v) is 27.9. The smallest absolute Gasteiger partial charge is 0.507 e. The molecule has 9 heteroatoms. The molecule has 1 unspecified atom stereocenters. The van der Waals surface area contributed by atoms with Crippen LogP contribution in [0.25, 0.3) is 27.9 Å². The van der Waals surface area contributed by atoms with Gasteiger partial charge in [0, 0.05) is 49.9 Å². The fourth-order valence-electron chi connectivity index (χ4n) is 4.46. The SMILES string of the molecule is CC1CCN(c2cc(-c3cc(F)cc(-c4ccc(-n5ccn(C)c5=O)c(Cl)c4)c3O)ccn2)C1.[CH3-].[Cs+]. The number of halogens is 2. The average molecular weight is 627 g/mol. The molecule has 2 aromatic carbocycles. The van der Waals surface area contributed by atoms with E-state index in [2.05, 4.69) is 16.8 Å². The Morgan fingerprint density at radius 1 is 1.08 bits per heavy atom. The molecule has 36 heavy (non-hydrogen) atoms. The Labute approximate surface area is 274 Å². The van der Waals surface area contributed by atoms with Gasteiger partial charge < -0.3 is 22.0 Å². The number of anilines is 1. The van der Waals surface area contributed by atoms with Crippen molar-refractivity contribution in [3.63, 3.8) is 0 Å². The largest absolute Gasteiger partial charge is 1.00 e. The molecule has 1 fully saturated rings. The van der Waals surface area contributed by atoms with Crippen molar-refractivity contribution in [1.29, 1.82) is 0 Å². The van der Waals surface area contributed by atoms with Gasteiger partial charge in [0.15, 0.2) is 0 Å². The van der Waals surface area contributed by atoms with Crippen molar-refractivity contribution in [2.75, 3.05) is 18.0 Å². The third-order valence-electron chi connectivity index (χ3n) is 6.34. The molecule has 3 heterocycles. The summed E-state index contributed by atoms with van der Waals surface area (Å²) in [6.07, 6.45) is 6.06.